The van der Waals surface area contributed by atoms with Crippen molar-refractivity contribution in [2.45, 2.75) is 0 Å². The summed E-state index contributed by atoms with van der Waals surface area (Å²) >= 11 is 0. The van der Waals surface area contributed by atoms with Gasteiger partial charge < -0.3 is 15.6 Å². The molecule has 0 aromatic heterocycles. The first-order valence-corrected chi connectivity index (χ1v) is 0.333. The maximum Gasteiger partial charge on any atom is 3.00 e. The van der Waals surface area contributed by atoms with E-state index in [1.54, 1.807) is 5.04 Å². The van der Waals surface area contributed by atoms with Crippen LogP contribution in [0, 0.1) is 41.7 Å². The van der Waals surface area contributed by atoms with Crippen molar-refractivity contribution in [1.82, 2.24) is 0 Å². The van der Waals surface area contributed by atoms with Crippen molar-refractivity contribution in [2.75, 3.05) is 0 Å². The van der Waals surface area contributed by atoms with Gasteiger partial charge in [-0.15, -0.1) is 0 Å². The molecule has 3 nitrogen and oxygen atoms in total. The molecular formula is BaCeO3+3. The number of hydrogen-bond donors (Lipinski definition) is 0. The van der Waals surface area contributed by atoms with Crippen molar-refractivity contribution < 1.29 is 57.3 Å². The van der Waals surface area contributed by atoms with Crippen LogP contribution in [0.1, 0.15) is 0 Å². The standard InChI is InChI=1S/Ba.Ce.H2O3/c;;1-3-2/h;;1-2H/q+2;+3;/p-2. The fourth-order valence-electron chi connectivity index (χ4n) is 0. The molecule has 0 saturated heterocycles. The minimum absolute atomic E-state index is 0. The molecule has 0 fully saturated rings. The van der Waals surface area contributed by atoms with Crippen LogP contribution in [0.25, 0.3) is 0 Å². The molecule has 0 aromatic carbocycles. The van der Waals surface area contributed by atoms with Crippen LogP contribution in [-0.4, -0.2) is 48.9 Å². The van der Waals surface area contributed by atoms with Crippen LogP contribution in [0.15, 0.2) is 0 Å². The van der Waals surface area contributed by atoms with Crippen molar-refractivity contribution in [1.29, 1.82) is 0 Å². The smallest absolute Gasteiger partial charge is 0.734 e. The van der Waals surface area contributed by atoms with E-state index >= 15 is 0 Å². The molecule has 0 atom stereocenters. The van der Waals surface area contributed by atoms with Gasteiger partial charge in [-0.05, 0) is 0 Å². The van der Waals surface area contributed by atoms with Gasteiger partial charge in [0, 0.05) is 0 Å². The Morgan fingerprint density at radius 2 is 1.20 bits per heavy atom. The molecule has 0 N–H and O–H groups in total. The SMILES string of the molecule is [Ba+2].[Ce+3].[O-]O[O-]. The van der Waals surface area contributed by atoms with Crippen molar-refractivity contribution in [3.8, 4) is 0 Å². The summed E-state index contributed by atoms with van der Waals surface area (Å²) in [6.07, 6.45) is 0. The van der Waals surface area contributed by atoms with Gasteiger partial charge in [0.1, 0.15) is 0 Å². The third kappa shape index (κ3) is 19.9. The monoisotopic (exact) mass is 326 g/mol. The van der Waals surface area contributed by atoms with Gasteiger partial charge in [0.25, 0.3) is 0 Å². The van der Waals surface area contributed by atoms with Gasteiger partial charge in [-0.2, -0.15) is 0 Å². The molecule has 1 radical (unpaired) electrons. The molecule has 0 heterocycles. The maximum atomic E-state index is 7.88. The van der Waals surface area contributed by atoms with E-state index in [0.29, 0.717) is 0 Å². The average molecular weight is 325 g/mol. The topological polar surface area (TPSA) is 55.3 Å². The number of hydrogen-bond acceptors (Lipinski definition) is 3. The van der Waals surface area contributed by atoms with E-state index in [2.05, 4.69) is 0 Å². The Bertz CT molecular complexity index is 6.85. The van der Waals surface area contributed by atoms with Crippen LogP contribution >= 0.6 is 0 Å². The van der Waals surface area contributed by atoms with Crippen LogP contribution in [-0.2, 0) is 5.04 Å². The van der Waals surface area contributed by atoms with E-state index in [-0.39, 0.29) is 90.6 Å². The van der Waals surface area contributed by atoms with E-state index in [0.717, 1.165) is 0 Å². The zero-order valence-corrected chi connectivity index (χ0v) is 10.0. The largest absolute Gasteiger partial charge is 3.00 e. The van der Waals surface area contributed by atoms with Crippen LogP contribution < -0.4 is 10.5 Å². The Kier molecular flexibility index (Phi) is 49.6. The summed E-state index contributed by atoms with van der Waals surface area (Å²) in [6, 6.07) is 0. The molecule has 0 aliphatic carbocycles. The summed E-state index contributed by atoms with van der Waals surface area (Å²) < 4.78 is 0. The van der Waals surface area contributed by atoms with Gasteiger partial charge in [-0.3, -0.25) is 0 Å². The second-order valence-corrected chi connectivity index (χ2v) is 0.0680. The molecule has 5 heteroatoms. The predicted molar refractivity (Wildman–Crippen MR) is 6.84 cm³/mol. The molecule has 0 rings (SSSR count). The van der Waals surface area contributed by atoms with Gasteiger partial charge in [-0.1, -0.05) is 0 Å². The van der Waals surface area contributed by atoms with Crippen LogP contribution in [0.5, 0.6) is 0 Å². The Balaban J connectivity index is -0.0000000200. The van der Waals surface area contributed by atoms with E-state index in [1.807, 2.05) is 0 Å². The third-order valence-electron chi connectivity index (χ3n) is 0. The Morgan fingerprint density at radius 1 is 1.20 bits per heavy atom. The molecule has 21 valence electrons. The minimum Gasteiger partial charge on any atom is -0.734 e. The molecule has 0 aliphatic heterocycles. The van der Waals surface area contributed by atoms with Gasteiger partial charge in [0.05, 0.1) is 0 Å². The van der Waals surface area contributed by atoms with E-state index in [9.17, 15) is 0 Å². The summed E-state index contributed by atoms with van der Waals surface area (Å²) in [5, 5.41) is 17.5. The van der Waals surface area contributed by atoms with Crippen molar-refractivity contribution in [2.24, 2.45) is 0 Å². The van der Waals surface area contributed by atoms with Gasteiger partial charge >= 0.3 is 90.6 Å². The summed E-state index contributed by atoms with van der Waals surface area (Å²) in [4.78, 5) is 0. The van der Waals surface area contributed by atoms with E-state index in [1.165, 1.54) is 0 Å². The Morgan fingerprint density at radius 3 is 1.20 bits per heavy atom. The average Bonchev–Trinajstić information content (AvgIpc) is 0.918. The Labute approximate surface area is 103 Å². The first-order valence-electron chi connectivity index (χ1n) is 0.333. The molecule has 0 amide bonds. The molecular weight excluding hydrogens is 325 g/mol. The molecule has 0 aromatic rings. The predicted octanol–water partition coefficient (Wildman–Crippen LogP) is -2.83. The number of rotatable bonds is 0. The van der Waals surface area contributed by atoms with Crippen molar-refractivity contribution >= 4 is 48.9 Å². The second-order valence-electron chi connectivity index (χ2n) is 0.0680. The van der Waals surface area contributed by atoms with Gasteiger partial charge in [0.15, 0.2) is 0 Å². The molecule has 5 heavy (non-hydrogen) atoms. The van der Waals surface area contributed by atoms with Crippen molar-refractivity contribution in [3.05, 3.63) is 0 Å². The summed E-state index contributed by atoms with van der Waals surface area (Å²) in [5.41, 5.74) is 0. The van der Waals surface area contributed by atoms with E-state index < -0.39 is 0 Å². The zero-order valence-electron chi connectivity index (χ0n) is 2.43. The zero-order chi connectivity index (χ0) is 2.71. The fourth-order valence-corrected chi connectivity index (χ4v) is 0. The molecule has 0 aliphatic rings. The van der Waals surface area contributed by atoms with E-state index in [4.69, 9.17) is 10.5 Å². The van der Waals surface area contributed by atoms with Gasteiger partial charge in [-0.25, -0.2) is 0 Å². The molecule has 0 saturated carbocycles. The van der Waals surface area contributed by atoms with Crippen LogP contribution in [0.4, 0.5) is 0 Å². The quantitative estimate of drug-likeness (QED) is 0.274. The second kappa shape index (κ2) is 15.8. The molecule has 0 unspecified atom stereocenters. The molecule has 0 spiro atoms. The third-order valence-corrected chi connectivity index (χ3v) is 0. The molecule has 0 bridgehead atoms. The van der Waals surface area contributed by atoms with Crippen LogP contribution in [0.2, 0.25) is 0 Å². The van der Waals surface area contributed by atoms with Gasteiger partial charge in [0.2, 0.25) is 0 Å². The maximum absolute atomic E-state index is 7.88. The summed E-state index contributed by atoms with van der Waals surface area (Å²) in [7, 11) is 0. The van der Waals surface area contributed by atoms with Crippen LogP contribution in [0.3, 0.4) is 0 Å². The normalized spacial score (nSPS) is 3.60. The first kappa shape index (κ1) is 15.7. The summed E-state index contributed by atoms with van der Waals surface area (Å²) in [5.74, 6) is 0. The minimum atomic E-state index is 0. The summed E-state index contributed by atoms with van der Waals surface area (Å²) in [6.45, 7) is 0. The fraction of sp³-hybridized carbons (Fsp3) is 0. The Hall–Kier alpha value is 2.83. The van der Waals surface area contributed by atoms with Crippen molar-refractivity contribution in [3.63, 3.8) is 0 Å². The first-order chi connectivity index (χ1) is 1.41.